The molecule has 3 rings (SSSR count). The van der Waals surface area contributed by atoms with Gasteiger partial charge in [0.2, 0.25) is 0 Å². The summed E-state index contributed by atoms with van der Waals surface area (Å²) in [5, 5.41) is 3.42. The highest BCUT2D eigenvalue weighted by molar-refractivity contribution is 7.87. The molecule has 1 fully saturated rings. The van der Waals surface area contributed by atoms with Gasteiger partial charge in [0.1, 0.15) is 0 Å². The van der Waals surface area contributed by atoms with Crippen molar-refractivity contribution in [2.75, 3.05) is 20.1 Å². The zero-order valence-corrected chi connectivity index (χ0v) is 15.8. The molecule has 136 valence electrons. The Balaban J connectivity index is 0.00000208. The standard InChI is InChI=1S/C17H27N3O2S.ClH/c1-20(15-8-3-2-4-9-15)23(21,22)19-13-17-16-10-6-5-7-14(16)11-12-18-17;/h5-7,10,15,17-19H,2-4,8-9,11-13H2,1H3;1H. The lowest BCUT2D eigenvalue weighted by Gasteiger charge is -2.32. The summed E-state index contributed by atoms with van der Waals surface area (Å²) in [6.45, 7) is 1.29. The molecule has 0 amide bonds. The van der Waals surface area contributed by atoms with Crippen LogP contribution >= 0.6 is 12.4 Å². The third-order valence-electron chi connectivity index (χ3n) is 5.15. The Morgan fingerprint density at radius 1 is 1.21 bits per heavy atom. The fourth-order valence-corrected chi connectivity index (χ4v) is 4.89. The quantitative estimate of drug-likeness (QED) is 0.833. The molecule has 1 aliphatic heterocycles. The fourth-order valence-electron chi connectivity index (χ4n) is 3.71. The van der Waals surface area contributed by atoms with Crippen LogP contribution in [-0.4, -0.2) is 38.9 Å². The predicted octanol–water partition coefficient (Wildman–Crippen LogP) is 2.39. The molecule has 0 saturated heterocycles. The Hall–Kier alpha value is -0.660. The molecular formula is C17H28ClN3O2S. The third kappa shape index (κ3) is 4.49. The van der Waals surface area contributed by atoms with E-state index in [0.717, 1.165) is 38.6 Å². The molecule has 1 aromatic rings. The number of halogens is 1. The van der Waals surface area contributed by atoms with E-state index in [2.05, 4.69) is 22.2 Å². The average Bonchev–Trinajstić information content (AvgIpc) is 2.60. The van der Waals surface area contributed by atoms with Crippen molar-refractivity contribution in [3.05, 3.63) is 35.4 Å². The van der Waals surface area contributed by atoms with Gasteiger partial charge in [-0.3, -0.25) is 0 Å². The van der Waals surface area contributed by atoms with Crippen LogP contribution < -0.4 is 10.0 Å². The van der Waals surface area contributed by atoms with Crippen molar-refractivity contribution in [3.8, 4) is 0 Å². The van der Waals surface area contributed by atoms with Crippen LogP contribution in [0.4, 0.5) is 0 Å². The van der Waals surface area contributed by atoms with E-state index in [1.165, 1.54) is 17.5 Å². The summed E-state index contributed by atoms with van der Waals surface area (Å²) >= 11 is 0. The van der Waals surface area contributed by atoms with E-state index in [4.69, 9.17) is 0 Å². The van der Waals surface area contributed by atoms with Crippen LogP contribution in [0, 0.1) is 0 Å². The molecule has 1 aliphatic carbocycles. The number of hydrogen-bond acceptors (Lipinski definition) is 3. The summed E-state index contributed by atoms with van der Waals surface area (Å²) in [4.78, 5) is 0. The van der Waals surface area contributed by atoms with E-state index in [0.29, 0.717) is 6.54 Å². The van der Waals surface area contributed by atoms with E-state index < -0.39 is 10.2 Å². The number of rotatable bonds is 5. The van der Waals surface area contributed by atoms with Crippen LogP contribution in [-0.2, 0) is 16.6 Å². The minimum atomic E-state index is -3.42. The second-order valence-electron chi connectivity index (χ2n) is 6.62. The van der Waals surface area contributed by atoms with Crippen LogP contribution in [0.25, 0.3) is 0 Å². The van der Waals surface area contributed by atoms with E-state index >= 15 is 0 Å². The van der Waals surface area contributed by atoms with Crippen LogP contribution in [0.15, 0.2) is 24.3 Å². The summed E-state index contributed by atoms with van der Waals surface area (Å²) in [5.41, 5.74) is 2.53. The molecule has 2 N–H and O–H groups in total. The van der Waals surface area contributed by atoms with Crippen molar-refractivity contribution >= 4 is 22.6 Å². The first-order valence-electron chi connectivity index (χ1n) is 8.62. The first-order valence-corrected chi connectivity index (χ1v) is 10.1. The van der Waals surface area contributed by atoms with Gasteiger partial charge in [-0.05, 0) is 36.9 Å². The first-order chi connectivity index (χ1) is 11.1. The zero-order valence-electron chi connectivity index (χ0n) is 14.2. The number of hydrogen-bond donors (Lipinski definition) is 2. The Bertz CT molecular complexity index is 632. The van der Waals surface area contributed by atoms with Crippen molar-refractivity contribution in [2.45, 2.75) is 50.6 Å². The topological polar surface area (TPSA) is 61.4 Å². The maximum atomic E-state index is 12.6. The molecule has 0 spiro atoms. The molecule has 0 bridgehead atoms. The molecule has 1 saturated carbocycles. The van der Waals surface area contributed by atoms with Crippen LogP contribution in [0.1, 0.15) is 49.3 Å². The number of nitrogens with zero attached hydrogens (tertiary/aromatic N) is 1. The monoisotopic (exact) mass is 373 g/mol. The van der Waals surface area contributed by atoms with E-state index in [9.17, 15) is 8.42 Å². The van der Waals surface area contributed by atoms with Crippen LogP contribution in [0.2, 0.25) is 0 Å². The second-order valence-corrected chi connectivity index (χ2v) is 8.43. The van der Waals surface area contributed by atoms with Gasteiger partial charge in [0.25, 0.3) is 10.2 Å². The summed E-state index contributed by atoms with van der Waals surface area (Å²) in [6.07, 6.45) is 6.43. The SMILES string of the molecule is CN(C1CCCCC1)S(=O)(=O)NCC1NCCc2ccccc21.Cl. The van der Waals surface area contributed by atoms with E-state index in [1.54, 1.807) is 11.4 Å². The Kier molecular flexibility index (Phi) is 7.07. The lowest BCUT2D eigenvalue weighted by molar-refractivity contribution is 0.282. The maximum Gasteiger partial charge on any atom is 0.279 e. The predicted molar refractivity (Wildman–Crippen MR) is 99.7 cm³/mol. The van der Waals surface area contributed by atoms with Crippen molar-refractivity contribution < 1.29 is 8.42 Å². The van der Waals surface area contributed by atoms with Gasteiger partial charge >= 0.3 is 0 Å². The van der Waals surface area contributed by atoms with E-state index in [-0.39, 0.29) is 24.5 Å². The van der Waals surface area contributed by atoms with E-state index in [1.807, 2.05) is 12.1 Å². The van der Waals surface area contributed by atoms with Gasteiger partial charge in [0, 0.05) is 25.7 Å². The lowest BCUT2D eigenvalue weighted by atomic mass is 9.95. The largest absolute Gasteiger partial charge is 0.308 e. The first kappa shape index (κ1) is 19.7. The lowest BCUT2D eigenvalue weighted by Crippen LogP contribution is -2.47. The molecule has 1 aromatic carbocycles. The molecule has 0 aromatic heterocycles. The van der Waals surface area contributed by atoms with Crippen molar-refractivity contribution in [1.82, 2.24) is 14.3 Å². The minimum absolute atomic E-state index is 0. The van der Waals surface area contributed by atoms with Crippen molar-refractivity contribution in [2.24, 2.45) is 0 Å². The van der Waals surface area contributed by atoms with Gasteiger partial charge in [-0.2, -0.15) is 12.7 Å². The van der Waals surface area contributed by atoms with Gasteiger partial charge in [-0.25, -0.2) is 4.72 Å². The molecule has 1 atom stereocenters. The van der Waals surface area contributed by atoms with Gasteiger partial charge < -0.3 is 5.32 Å². The molecule has 5 nitrogen and oxygen atoms in total. The molecule has 1 heterocycles. The molecule has 7 heteroatoms. The molecule has 1 unspecified atom stereocenters. The highest BCUT2D eigenvalue weighted by Crippen LogP contribution is 2.24. The van der Waals surface area contributed by atoms with Crippen molar-refractivity contribution in [1.29, 1.82) is 0 Å². The number of benzene rings is 1. The highest BCUT2D eigenvalue weighted by atomic mass is 35.5. The smallest absolute Gasteiger partial charge is 0.279 e. The Labute approximate surface area is 151 Å². The van der Waals surface area contributed by atoms with Gasteiger partial charge in [0.15, 0.2) is 0 Å². The van der Waals surface area contributed by atoms with Crippen molar-refractivity contribution in [3.63, 3.8) is 0 Å². The third-order valence-corrected chi connectivity index (χ3v) is 6.74. The molecule has 0 radical (unpaired) electrons. The molecule has 2 aliphatic rings. The van der Waals surface area contributed by atoms with Crippen LogP contribution in [0.3, 0.4) is 0 Å². The normalized spacial score (nSPS) is 22.0. The Morgan fingerprint density at radius 2 is 1.92 bits per heavy atom. The molecule has 24 heavy (non-hydrogen) atoms. The average molecular weight is 374 g/mol. The van der Waals surface area contributed by atoms with Crippen LogP contribution in [0.5, 0.6) is 0 Å². The Morgan fingerprint density at radius 3 is 2.67 bits per heavy atom. The number of fused-ring (bicyclic) bond motifs is 1. The van der Waals surface area contributed by atoms with Gasteiger partial charge in [0.05, 0.1) is 0 Å². The summed E-state index contributed by atoms with van der Waals surface area (Å²) in [6, 6.07) is 8.48. The second kappa shape index (κ2) is 8.63. The van der Waals surface area contributed by atoms with Gasteiger partial charge in [-0.1, -0.05) is 43.5 Å². The van der Waals surface area contributed by atoms with Gasteiger partial charge in [-0.15, -0.1) is 12.4 Å². The fraction of sp³-hybridized carbons (Fsp3) is 0.647. The summed E-state index contributed by atoms with van der Waals surface area (Å²) in [7, 11) is -1.71. The minimum Gasteiger partial charge on any atom is -0.308 e. The zero-order chi connectivity index (χ0) is 16.3. The number of nitrogens with one attached hydrogen (secondary N) is 2. The summed E-state index contributed by atoms with van der Waals surface area (Å²) < 4.78 is 29.5. The maximum absolute atomic E-state index is 12.6. The summed E-state index contributed by atoms with van der Waals surface area (Å²) in [5.74, 6) is 0. The molecular weight excluding hydrogens is 346 g/mol. The highest BCUT2D eigenvalue weighted by Gasteiger charge is 2.28.